The third-order valence-electron chi connectivity index (χ3n) is 2.75. The van der Waals surface area contributed by atoms with Crippen molar-refractivity contribution in [2.45, 2.75) is 6.92 Å². The highest BCUT2D eigenvalue weighted by Crippen LogP contribution is 2.27. The van der Waals surface area contributed by atoms with Crippen molar-refractivity contribution in [1.29, 1.82) is 0 Å². The average molecular weight is 284 g/mol. The summed E-state index contributed by atoms with van der Waals surface area (Å²) >= 11 is 1.40. The number of rotatable bonds is 2. The van der Waals surface area contributed by atoms with Crippen molar-refractivity contribution < 1.29 is 4.52 Å². The van der Waals surface area contributed by atoms with Crippen LogP contribution in [0.4, 0.5) is 0 Å². The SMILES string of the molecule is Cc1cc(-c2nn3c(-c4cccnc4)nnc3s2)on1. The number of fused-ring (bicyclic) bond motifs is 1. The summed E-state index contributed by atoms with van der Waals surface area (Å²) in [5.41, 5.74) is 1.68. The van der Waals surface area contributed by atoms with Crippen molar-refractivity contribution in [3.8, 4) is 22.2 Å². The number of hydrogen-bond acceptors (Lipinski definition) is 7. The number of aromatic nitrogens is 6. The Morgan fingerprint density at radius 1 is 1.30 bits per heavy atom. The average Bonchev–Trinajstić information content (AvgIpc) is 3.13. The molecule has 0 N–H and O–H groups in total. The minimum atomic E-state index is 0.634. The lowest BCUT2D eigenvalue weighted by molar-refractivity contribution is 0.426. The van der Waals surface area contributed by atoms with E-state index in [1.54, 1.807) is 16.9 Å². The number of nitrogens with zero attached hydrogens (tertiary/aromatic N) is 6. The smallest absolute Gasteiger partial charge is 0.235 e. The van der Waals surface area contributed by atoms with Crippen LogP contribution in [0.1, 0.15) is 5.69 Å². The molecule has 0 unspecified atom stereocenters. The van der Waals surface area contributed by atoms with Crippen LogP contribution < -0.4 is 0 Å². The molecule has 7 nitrogen and oxygen atoms in total. The summed E-state index contributed by atoms with van der Waals surface area (Å²) in [7, 11) is 0. The van der Waals surface area contributed by atoms with Crippen molar-refractivity contribution in [2.24, 2.45) is 0 Å². The molecular weight excluding hydrogens is 276 g/mol. The first-order valence-corrected chi connectivity index (χ1v) is 6.69. The van der Waals surface area contributed by atoms with Crippen molar-refractivity contribution in [1.82, 2.24) is 30.0 Å². The van der Waals surface area contributed by atoms with Gasteiger partial charge in [0.15, 0.2) is 16.6 Å². The van der Waals surface area contributed by atoms with E-state index < -0.39 is 0 Å². The molecule has 0 aliphatic heterocycles. The molecule has 4 aromatic rings. The van der Waals surface area contributed by atoms with Crippen molar-refractivity contribution in [3.63, 3.8) is 0 Å². The van der Waals surface area contributed by atoms with E-state index in [0.29, 0.717) is 16.5 Å². The zero-order valence-corrected chi connectivity index (χ0v) is 11.2. The normalized spacial score (nSPS) is 11.2. The van der Waals surface area contributed by atoms with Crippen LogP contribution in [0.25, 0.3) is 27.1 Å². The van der Waals surface area contributed by atoms with Crippen LogP contribution in [0.2, 0.25) is 0 Å². The Bertz CT molecular complexity index is 878. The van der Waals surface area contributed by atoms with Crippen LogP contribution in [0.5, 0.6) is 0 Å². The first-order chi connectivity index (χ1) is 9.81. The summed E-state index contributed by atoms with van der Waals surface area (Å²) in [4.78, 5) is 4.78. The van der Waals surface area contributed by atoms with Gasteiger partial charge in [0.05, 0.1) is 5.69 Å². The molecule has 8 heteroatoms. The van der Waals surface area contributed by atoms with Crippen LogP contribution in [-0.2, 0) is 0 Å². The summed E-state index contributed by atoms with van der Waals surface area (Å²) < 4.78 is 6.91. The highest BCUT2D eigenvalue weighted by Gasteiger charge is 2.16. The molecule has 0 saturated carbocycles. The van der Waals surface area contributed by atoms with Crippen molar-refractivity contribution in [2.75, 3.05) is 0 Å². The first-order valence-electron chi connectivity index (χ1n) is 5.87. The molecule has 0 saturated heterocycles. The van der Waals surface area contributed by atoms with Crippen molar-refractivity contribution >= 4 is 16.3 Å². The molecule has 0 aliphatic carbocycles. The van der Waals surface area contributed by atoms with E-state index in [9.17, 15) is 0 Å². The fourth-order valence-electron chi connectivity index (χ4n) is 1.86. The Balaban J connectivity index is 1.87. The van der Waals surface area contributed by atoms with Gasteiger partial charge in [0.2, 0.25) is 4.96 Å². The lowest BCUT2D eigenvalue weighted by atomic mass is 10.3. The van der Waals surface area contributed by atoms with Crippen LogP contribution >= 0.6 is 11.3 Å². The maximum Gasteiger partial charge on any atom is 0.235 e. The minimum absolute atomic E-state index is 0.634. The van der Waals surface area contributed by atoms with E-state index in [1.807, 2.05) is 25.1 Å². The van der Waals surface area contributed by atoms with Crippen LogP contribution in [0.15, 0.2) is 35.1 Å². The summed E-state index contributed by atoms with van der Waals surface area (Å²) in [6.45, 7) is 1.87. The Labute approximate surface area is 116 Å². The lowest BCUT2D eigenvalue weighted by Crippen LogP contribution is -1.91. The zero-order chi connectivity index (χ0) is 13.5. The molecule has 0 amide bonds. The first kappa shape index (κ1) is 11.2. The third kappa shape index (κ3) is 1.69. The van der Waals surface area contributed by atoms with Gasteiger partial charge in [-0.15, -0.1) is 15.3 Å². The van der Waals surface area contributed by atoms with Gasteiger partial charge >= 0.3 is 0 Å². The summed E-state index contributed by atoms with van der Waals surface area (Å²) in [5.74, 6) is 1.29. The van der Waals surface area contributed by atoms with E-state index >= 15 is 0 Å². The Morgan fingerprint density at radius 3 is 3.00 bits per heavy atom. The van der Waals surface area contributed by atoms with E-state index in [2.05, 4.69) is 25.4 Å². The van der Waals surface area contributed by atoms with Gasteiger partial charge in [-0.3, -0.25) is 4.98 Å². The van der Waals surface area contributed by atoms with Crippen LogP contribution in [0, 0.1) is 6.92 Å². The molecule has 0 aromatic carbocycles. The van der Waals surface area contributed by atoms with E-state index in [0.717, 1.165) is 16.3 Å². The quantitative estimate of drug-likeness (QED) is 0.561. The van der Waals surface area contributed by atoms with Gasteiger partial charge in [0, 0.05) is 24.0 Å². The molecule has 0 fully saturated rings. The fourth-order valence-corrected chi connectivity index (χ4v) is 2.64. The van der Waals surface area contributed by atoms with Crippen LogP contribution in [0.3, 0.4) is 0 Å². The Morgan fingerprint density at radius 2 is 2.25 bits per heavy atom. The largest absolute Gasteiger partial charge is 0.353 e. The number of hydrogen-bond donors (Lipinski definition) is 0. The topological polar surface area (TPSA) is 82.0 Å². The lowest BCUT2D eigenvalue weighted by Gasteiger charge is -1.94. The zero-order valence-electron chi connectivity index (χ0n) is 10.4. The monoisotopic (exact) mass is 284 g/mol. The van der Waals surface area contributed by atoms with Gasteiger partial charge in [-0.2, -0.15) is 4.52 Å². The molecule has 0 spiro atoms. The molecule has 4 heterocycles. The molecule has 98 valence electrons. The van der Waals surface area contributed by atoms with Crippen molar-refractivity contribution in [3.05, 3.63) is 36.3 Å². The van der Waals surface area contributed by atoms with Gasteiger partial charge < -0.3 is 4.52 Å². The van der Waals surface area contributed by atoms with Crippen LogP contribution in [-0.4, -0.2) is 30.0 Å². The molecular formula is C12H8N6OS. The molecule has 0 aliphatic rings. The predicted octanol–water partition coefficient (Wildman–Crippen LogP) is 2.21. The van der Waals surface area contributed by atoms with Gasteiger partial charge in [0.1, 0.15) is 0 Å². The maximum atomic E-state index is 5.22. The van der Waals surface area contributed by atoms with Gasteiger partial charge in [0.25, 0.3) is 0 Å². The number of aryl methyl sites for hydroxylation is 1. The second-order valence-corrected chi connectivity index (χ2v) is 5.16. The standard InChI is InChI=1S/C12H8N6OS/c1-7-5-9(19-17-7)11-16-18-10(14-15-12(18)20-11)8-3-2-4-13-6-8/h2-6H,1H3. The molecule has 4 rings (SSSR count). The highest BCUT2D eigenvalue weighted by molar-refractivity contribution is 7.19. The molecule has 0 atom stereocenters. The van der Waals surface area contributed by atoms with E-state index in [-0.39, 0.29) is 0 Å². The van der Waals surface area contributed by atoms with Gasteiger partial charge in [-0.25, -0.2) is 0 Å². The Hall–Kier alpha value is -2.61. The molecule has 0 bridgehead atoms. The molecule has 0 radical (unpaired) electrons. The van der Waals surface area contributed by atoms with E-state index in [1.165, 1.54) is 11.3 Å². The number of pyridine rings is 1. The maximum absolute atomic E-state index is 5.22. The third-order valence-corrected chi connectivity index (χ3v) is 3.66. The van der Waals surface area contributed by atoms with Gasteiger partial charge in [-0.05, 0) is 19.1 Å². The summed E-state index contributed by atoms with van der Waals surface area (Å²) in [6.07, 6.45) is 3.44. The minimum Gasteiger partial charge on any atom is -0.353 e. The highest BCUT2D eigenvalue weighted by atomic mass is 32.1. The molecule has 20 heavy (non-hydrogen) atoms. The molecule has 4 aromatic heterocycles. The summed E-state index contributed by atoms with van der Waals surface area (Å²) in [6, 6.07) is 5.61. The Kier molecular flexibility index (Phi) is 2.36. The predicted molar refractivity (Wildman–Crippen MR) is 72.1 cm³/mol. The van der Waals surface area contributed by atoms with E-state index in [4.69, 9.17) is 4.52 Å². The second kappa shape index (κ2) is 4.20. The fraction of sp³-hybridized carbons (Fsp3) is 0.0833. The second-order valence-electron chi connectivity index (χ2n) is 4.20. The van der Waals surface area contributed by atoms with Gasteiger partial charge in [-0.1, -0.05) is 16.5 Å². The summed E-state index contributed by atoms with van der Waals surface area (Å²) in [5, 5.41) is 17.3.